The molecule has 0 spiro atoms. The van der Waals surface area contributed by atoms with E-state index in [1.54, 1.807) is 29.9 Å². The molecule has 10 heteroatoms. The number of imidazole rings is 1. The van der Waals surface area contributed by atoms with Gasteiger partial charge in [-0.3, -0.25) is 9.59 Å². The normalized spacial score (nSPS) is 12.5. The van der Waals surface area contributed by atoms with Gasteiger partial charge in [-0.1, -0.05) is 24.3 Å². The summed E-state index contributed by atoms with van der Waals surface area (Å²) in [4.78, 5) is 29.9. The van der Waals surface area contributed by atoms with E-state index in [0.717, 1.165) is 45.1 Å². The van der Waals surface area contributed by atoms with E-state index in [0.29, 0.717) is 12.4 Å². The van der Waals surface area contributed by atoms with Gasteiger partial charge in [0.25, 0.3) is 0 Å². The van der Waals surface area contributed by atoms with Crippen LogP contribution in [0.2, 0.25) is 0 Å². The van der Waals surface area contributed by atoms with Gasteiger partial charge >= 0.3 is 0 Å². The monoisotopic (exact) mass is 476 g/mol. The molecule has 0 radical (unpaired) electrons. The fourth-order valence-electron chi connectivity index (χ4n) is 3.92. The summed E-state index contributed by atoms with van der Waals surface area (Å²) in [5, 5.41) is 10.5. The maximum Gasteiger partial charge on any atom is 0.245 e. The molecular weight excluding hydrogens is 452 g/mol. The molecule has 2 aromatic heterocycles. The van der Waals surface area contributed by atoms with Crippen molar-refractivity contribution in [3.8, 4) is 5.75 Å². The summed E-state index contributed by atoms with van der Waals surface area (Å²) < 4.78 is 8.56. The van der Waals surface area contributed by atoms with E-state index in [2.05, 4.69) is 20.7 Å². The summed E-state index contributed by atoms with van der Waals surface area (Å²) in [5.74, 6) is 2.51. The molecule has 0 saturated carbocycles. The molecule has 0 saturated heterocycles. The molecule has 2 aromatic carbocycles. The molecule has 2 N–H and O–H groups in total. The number of rotatable bonds is 8. The third-order valence-corrected chi connectivity index (χ3v) is 6.63. The molecule has 5 rings (SSSR count). The van der Waals surface area contributed by atoms with E-state index in [1.165, 1.54) is 0 Å². The zero-order chi connectivity index (χ0) is 23.5. The van der Waals surface area contributed by atoms with Gasteiger partial charge in [-0.05, 0) is 29.8 Å². The minimum Gasteiger partial charge on any atom is -0.497 e. The number of methoxy groups -OCH3 is 1. The van der Waals surface area contributed by atoms with Crippen molar-refractivity contribution < 1.29 is 14.3 Å². The third kappa shape index (κ3) is 4.62. The van der Waals surface area contributed by atoms with Crippen LogP contribution in [0, 0.1) is 0 Å². The van der Waals surface area contributed by atoms with Crippen LogP contribution in [-0.4, -0.2) is 38.3 Å². The van der Waals surface area contributed by atoms with E-state index in [9.17, 15) is 9.59 Å². The first-order valence-electron chi connectivity index (χ1n) is 10.9. The number of nitrogens with zero attached hydrogens (tertiary/aromatic N) is 4. The van der Waals surface area contributed by atoms with Crippen LogP contribution in [0.25, 0.3) is 11.0 Å². The van der Waals surface area contributed by atoms with Crippen LogP contribution >= 0.6 is 11.8 Å². The lowest BCUT2D eigenvalue weighted by atomic mass is 10.2. The van der Waals surface area contributed by atoms with Crippen molar-refractivity contribution in [1.29, 1.82) is 0 Å². The van der Waals surface area contributed by atoms with Crippen LogP contribution in [0.15, 0.2) is 54.9 Å². The first-order chi connectivity index (χ1) is 16.6. The smallest absolute Gasteiger partial charge is 0.245 e. The number of anilines is 1. The van der Waals surface area contributed by atoms with E-state index >= 15 is 0 Å². The minimum absolute atomic E-state index is 0.0252. The lowest BCUT2D eigenvalue weighted by Gasteiger charge is -2.12. The van der Waals surface area contributed by atoms with Crippen molar-refractivity contribution in [1.82, 2.24) is 24.6 Å². The van der Waals surface area contributed by atoms with Crippen molar-refractivity contribution in [3.63, 3.8) is 0 Å². The Morgan fingerprint density at radius 1 is 1.06 bits per heavy atom. The maximum absolute atomic E-state index is 12.9. The Bertz CT molecular complexity index is 1340. The third-order valence-electron chi connectivity index (χ3n) is 5.66. The molecule has 0 atom stereocenters. The second-order valence-electron chi connectivity index (χ2n) is 7.96. The highest BCUT2D eigenvalue weighted by molar-refractivity contribution is 7.98. The second-order valence-corrected chi connectivity index (χ2v) is 8.94. The van der Waals surface area contributed by atoms with Gasteiger partial charge in [-0.25, -0.2) is 9.67 Å². The number of ether oxygens (including phenoxy) is 1. The van der Waals surface area contributed by atoms with Gasteiger partial charge in [0, 0.05) is 23.6 Å². The fraction of sp³-hybridized carbons (Fsp3) is 0.250. The average molecular weight is 477 g/mol. The minimum atomic E-state index is -0.192. The van der Waals surface area contributed by atoms with E-state index in [4.69, 9.17) is 4.74 Å². The predicted molar refractivity (Wildman–Crippen MR) is 130 cm³/mol. The van der Waals surface area contributed by atoms with Gasteiger partial charge in [-0.2, -0.15) is 16.9 Å². The van der Waals surface area contributed by atoms with E-state index < -0.39 is 0 Å². The second kappa shape index (κ2) is 9.60. The Labute approximate surface area is 200 Å². The number of amides is 2. The summed E-state index contributed by atoms with van der Waals surface area (Å²) in [7, 11) is 1.62. The molecule has 174 valence electrons. The lowest BCUT2D eigenvalue weighted by Crippen LogP contribution is -2.29. The Balaban J connectivity index is 1.26. The van der Waals surface area contributed by atoms with Gasteiger partial charge in [0.2, 0.25) is 11.8 Å². The van der Waals surface area contributed by atoms with Crippen LogP contribution in [0.5, 0.6) is 5.75 Å². The highest BCUT2D eigenvalue weighted by Gasteiger charge is 2.25. The number of hydrogen-bond donors (Lipinski definition) is 2. The zero-order valence-electron chi connectivity index (χ0n) is 18.7. The van der Waals surface area contributed by atoms with Crippen LogP contribution in [-0.2, 0) is 40.7 Å². The van der Waals surface area contributed by atoms with Gasteiger partial charge in [-0.15, -0.1) is 0 Å². The van der Waals surface area contributed by atoms with Crippen molar-refractivity contribution >= 4 is 40.4 Å². The van der Waals surface area contributed by atoms with Gasteiger partial charge in [0.1, 0.15) is 24.7 Å². The summed E-state index contributed by atoms with van der Waals surface area (Å²) in [5.41, 5.74) is 4.60. The van der Waals surface area contributed by atoms with E-state index in [-0.39, 0.29) is 24.9 Å². The molecule has 4 aromatic rings. The van der Waals surface area contributed by atoms with Crippen LogP contribution < -0.4 is 15.4 Å². The Kier molecular flexibility index (Phi) is 6.22. The average Bonchev–Trinajstić information content (AvgIpc) is 3.55. The largest absolute Gasteiger partial charge is 0.497 e. The van der Waals surface area contributed by atoms with Crippen molar-refractivity contribution in [3.05, 3.63) is 71.7 Å². The summed E-state index contributed by atoms with van der Waals surface area (Å²) in [6, 6.07) is 15.2. The number of benzene rings is 2. The Morgan fingerprint density at radius 3 is 2.71 bits per heavy atom. The summed E-state index contributed by atoms with van der Waals surface area (Å²) in [6.45, 7) is 0.545. The lowest BCUT2D eigenvalue weighted by molar-refractivity contribution is -0.122. The topological polar surface area (TPSA) is 103 Å². The van der Waals surface area contributed by atoms with Gasteiger partial charge < -0.3 is 19.9 Å². The fourth-order valence-corrected chi connectivity index (χ4v) is 4.95. The molecule has 1 aliphatic rings. The standard InChI is InChI=1S/C24H24N6O3S/c1-33-17-8-6-16(7-9-17)10-25-22(31)12-30-24(18-13-34-14-20(18)28-30)27-23(32)11-29-15-26-19-4-2-3-5-21(19)29/h2-9,15H,10-14H2,1H3,(H,25,31)(H,27,32). The number of hydrogen-bond acceptors (Lipinski definition) is 6. The molecule has 0 unspecified atom stereocenters. The predicted octanol–water partition coefficient (Wildman–Crippen LogP) is 2.94. The number of aromatic nitrogens is 4. The molecule has 2 amide bonds. The Hall–Kier alpha value is -3.79. The highest BCUT2D eigenvalue weighted by atomic mass is 32.2. The maximum atomic E-state index is 12.9. The quantitative estimate of drug-likeness (QED) is 0.405. The van der Waals surface area contributed by atoms with Crippen LogP contribution in [0.3, 0.4) is 0 Å². The first kappa shape index (κ1) is 22.0. The SMILES string of the molecule is COc1ccc(CNC(=O)Cn2nc3c(c2NC(=O)Cn2cnc4ccccc42)CSC3)cc1. The van der Waals surface area contributed by atoms with Crippen LogP contribution in [0.1, 0.15) is 16.8 Å². The van der Waals surface area contributed by atoms with E-state index in [1.807, 2.05) is 53.1 Å². The van der Waals surface area contributed by atoms with Crippen molar-refractivity contribution in [2.45, 2.75) is 31.1 Å². The number of nitrogens with one attached hydrogen (secondary N) is 2. The molecule has 34 heavy (non-hydrogen) atoms. The number of carbonyl (C=O) groups excluding carboxylic acids is 2. The molecule has 0 bridgehead atoms. The molecule has 9 nitrogen and oxygen atoms in total. The highest BCUT2D eigenvalue weighted by Crippen LogP contribution is 2.34. The molecule has 0 fully saturated rings. The van der Waals surface area contributed by atoms with Gasteiger partial charge in [0.15, 0.2) is 0 Å². The Morgan fingerprint density at radius 2 is 1.88 bits per heavy atom. The summed E-state index contributed by atoms with van der Waals surface area (Å²) in [6.07, 6.45) is 1.66. The molecular formula is C24H24N6O3S. The van der Waals surface area contributed by atoms with Gasteiger partial charge in [0.05, 0.1) is 30.2 Å². The number of carbonyl (C=O) groups is 2. The zero-order valence-corrected chi connectivity index (χ0v) is 19.5. The first-order valence-corrected chi connectivity index (χ1v) is 12.0. The molecule has 3 heterocycles. The number of thioether (sulfide) groups is 1. The van der Waals surface area contributed by atoms with Crippen molar-refractivity contribution in [2.24, 2.45) is 0 Å². The number of para-hydroxylation sites is 2. The number of fused-ring (bicyclic) bond motifs is 2. The molecule has 1 aliphatic heterocycles. The summed E-state index contributed by atoms with van der Waals surface area (Å²) >= 11 is 1.74. The van der Waals surface area contributed by atoms with Crippen molar-refractivity contribution in [2.75, 3.05) is 12.4 Å². The molecule has 0 aliphatic carbocycles. The van der Waals surface area contributed by atoms with Crippen LogP contribution in [0.4, 0.5) is 5.82 Å².